The molecule has 60 valence electrons. The van der Waals surface area contributed by atoms with Crippen molar-refractivity contribution in [3.05, 3.63) is 25.3 Å². The lowest BCUT2D eigenvalue weighted by Crippen LogP contribution is -1.93. The standard InChI is InChI=1S/C6H4I2O2S/c7-4-2-1-3-5(6(4)8)11(9)10/h1-3H,(H,9,10)/p-1. The Morgan fingerprint density at radius 2 is 2.00 bits per heavy atom. The highest BCUT2D eigenvalue weighted by Gasteiger charge is 2.01. The van der Waals surface area contributed by atoms with Gasteiger partial charge in [-0.05, 0) is 68.4 Å². The molecule has 0 aliphatic heterocycles. The highest BCUT2D eigenvalue weighted by Crippen LogP contribution is 2.20. The van der Waals surface area contributed by atoms with Crippen molar-refractivity contribution in [2.45, 2.75) is 4.90 Å². The Morgan fingerprint density at radius 3 is 2.45 bits per heavy atom. The van der Waals surface area contributed by atoms with Gasteiger partial charge in [0.1, 0.15) is 0 Å². The molecule has 0 heterocycles. The minimum absolute atomic E-state index is 0.373. The first-order valence-corrected chi connectivity index (χ1v) is 5.89. The predicted octanol–water partition coefficient (Wildman–Crippen LogP) is 2.13. The maximum atomic E-state index is 10.6. The van der Waals surface area contributed by atoms with Gasteiger partial charge in [-0.2, -0.15) is 0 Å². The molecule has 5 heteroatoms. The molecule has 0 bridgehead atoms. The van der Waals surface area contributed by atoms with Crippen LogP contribution in [0.1, 0.15) is 0 Å². The van der Waals surface area contributed by atoms with E-state index in [0.717, 1.165) is 7.14 Å². The van der Waals surface area contributed by atoms with Gasteiger partial charge in [0, 0.05) is 12.0 Å². The normalized spacial score (nSPS) is 13.0. The summed E-state index contributed by atoms with van der Waals surface area (Å²) in [6.07, 6.45) is 0. The average molecular weight is 393 g/mol. The molecule has 1 unspecified atom stereocenters. The molecule has 11 heavy (non-hydrogen) atoms. The van der Waals surface area contributed by atoms with Crippen LogP contribution in [0.4, 0.5) is 0 Å². The molecule has 1 aromatic carbocycles. The van der Waals surface area contributed by atoms with Crippen LogP contribution in [0, 0.1) is 7.14 Å². The Bertz CT molecular complexity index is 301. The van der Waals surface area contributed by atoms with E-state index < -0.39 is 11.1 Å². The van der Waals surface area contributed by atoms with Gasteiger partial charge in [-0.1, -0.05) is 6.07 Å². The molecule has 2 nitrogen and oxygen atoms in total. The Morgan fingerprint density at radius 1 is 1.36 bits per heavy atom. The fourth-order valence-corrected chi connectivity index (χ4v) is 2.64. The lowest BCUT2D eigenvalue weighted by molar-refractivity contribution is 0.536. The number of hydrogen-bond donors (Lipinski definition) is 0. The van der Waals surface area contributed by atoms with Crippen molar-refractivity contribution in [1.29, 1.82) is 0 Å². The molecular weight excluding hydrogens is 390 g/mol. The first kappa shape index (κ1) is 9.87. The monoisotopic (exact) mass is 393 g/mol. The van der Waals surface area contributed by atoms with Crippen molar-refractivity contribution in [2.24, 2.45) is 0 Å². The van der Waals surface area contributed by atoms with Crippen LogP contribution < -0.4 is 0 Å². The van der Waals surface area contributed by atoms with E-state index in [9.17, 15) is 8.76 Å². The van der Waals surface area contributed by atoms with E-state index >= 15 is 0 Å². The fraction of sp³-hybridized carbons (Fsp3) is 0. The topological polar surface area (TPSA) is 40.1 Å². The van der Waals surface area contributed by atoms with Gasteiger partial charge in [0.2, 0.25) is 0 Å². The molecule has 0 saturated heterocycles. The van der Waals surface area contributed by atoms with Crippen LogP contribution in [0.2, 0.25) is 0 Å². The summed E-state index contributed by atoms with van der Waals surface area (Å²) in [5, 5.41) is 0. The molecule has 1 aromatic rings. The third-order valence-corrected chi connectivity index (χ3v) is 5.25. The second-order valence-electron chi connectivity index (χ2n) is 1.79. The molecular formula is C6H3I2O2S-. The van der Waals surface area contributed by atoms with E-state index in [-0.39, 0.29) is 0 Å². The number of benzene rings is 1. The first-order valence-electron chi connectivity index (χ1n) is 2.66. The van der Waals surface area contributed by atoms with Gasteiger partial charge in [-0.25, -0.2) is 0 Å². The maximum Gasteiger partial charge on any atom is 0.0413 e. The van der Waals surface area contributed by atoms with Crippen LogP contribution in [-0.2, 0) is 11.1 Å². The zero-order chi connectivity index (χ0) is 8.43. The maximum absolute atomic E-state index is 10.6. The van der Waals surface area contributed by atoms with Crippen LogP contribution in [0.5, 0.6) is 0 Å². The van der Waals surface area contributed by atoms with Gasteiger partial charge in [-0.3, -0.25) is 4.21 Å². The quantitative estimate of drug-likeness (QED) is 0.542. The molecule has 0 aliphatic carbocycles. The Hall–Kier alpha value is 0.790. The molecule has 0 spiro atoms. The summed E-state index contributed by atoms with van der Waals surface area (Å²) in [4.78, 5) is 0.373. The molecule has 0 radical (unpaired) electrons. The van der Waals surface area contributed by atoms with Crippen molar-refractivity contribution >= 4 is 56.3 Å². The minimum atomic E-state index is -2.11. The highest BCUT2D eigenvalue weighted by molar-refractivity contribution is 14.1. The summed E-state index contributed by atoms with van der Waals surface area (Å²) in [7, 11) is 0. The van der Waals surface area contributed by atoms with Crippen molar-refractivity contribution < 1.29 is 8.76 Å². The van der Waals surface area contributed by atoms with Gasteiger partial charge in [0.05, 0.1) is 0 Å². The Balaban J connectivity index is 3.27. The van der Waals surface area contributed by atoms with E-state index in [1.807, 2.05) is 28.7 Å². The summed E-state index contributed by atoms with van der Waals surface area (Å²) in [5.41, 5.74) is 0. The lowest BCUT2D eigenvalue weighted by atomic mass is 10.4. The van der Waals surface area contributed by atoms with Crippen LogP contribution in [-0.4, -0.2) is 8.76 Å². The molecule has 0 amide bonds. The largest absolute Gasteiger partial charge is 0.768 e. The van der Waals surface area contributed by atoms with Crippen LogP contribution >= 0.6 is 45.2 Å². The Kier molecular flexibility index (Phi) is 3.72. The third kappa shape index (κ3) is 2.36. The molecule has 0 fully saturated rings. The summed E-state index contributed by atoms with van der Waals surface area (Å²) < 4.78 is 22.9. The molecule has 1 atom stereocenters. The SMILES string of the molecule is O=S([O-])c1cccc(I)c1I. The zero-order valence-electron chi connectivity index (χ0n) is 5.21. The summed E-state index contributed by atoms with van der Waals surface area (Å²) in [6, 6.07) is 5.20. The van der Waals surface area contributed by atoms with Crippen molar-refractivity contribution in [1.82, 2.24) is 0 Å². The molecule has 0 aromatic heterocycles. The summed E-state index contributed by atoms with van der Waals surface area (Å²) >= 11 is 2.01. The van der Waals surface area contributed by atoms with Gasteiger partial charge in [-0.15, -0.1) is 0 Å². The van der Waals surface area contributed by atoms with Gasteiger partial charge >= 0.3 is 0 Å². The third-order valence-electron chi connectivity index (χ3n) is 1.10. The fourth-order valence-electron chi connectivity index (χ4n) is 0.613. The van der Waals surface area contributed by atoms with Crippen LogP contribution in [0.3, 0.4) is 0 Å². The van der Waals surface area contributed by atoms with Gasteiger partial charge < -0.3 is 4.55 Å². The molecule has 0 N–H and O–H groups in total. The second kappa shape index (κ2) is 4.15. The van der Waals surface area contributed by atoms with Crippen molar-refractivity contribution in [3.8, 4) is 0 Å². The molecule has 0 saturated carbocycles. The van der Waals surface area contributed by atoms with Gasteiger partial charge in [0.15, 0.2) is 0 Å². The van der Waals surface area contributed by atoms with Crippen molar-refractivity contribution in [2.75, 3.05) is 0 Å². The smallest absolute Gasteiger partial charge is 0.0413 e. The van der Waals surface area contributed by atoms with E-state index in [1.165, 1.54) is 0 Å². The van der Waals surface area contributed by atoms with Crippen LogP contribution in [0.25, 0.3) is 0 Å². The van der Waals surface area contributed by atoms with E-state index in [4.69, 9.17) is 0 Å². The van der Waals surface area contributed by atoms with Crippen LogP contribution in [0.15, 0.2) is 23.1 Å². The average Bonchev–Trinajstić information content (AvgIpc) is 1.94. The number of rotatable bonds is 1. The van der Waals surface area contributed by atoms with Gasteiger partial charge in [0.25, 0.3) is 0 Å². The van der Waals surface area contributed by atoms with E-state index in [1.54, 1.807) is 12.1 Å². The molecule has 1 rings (SSSR count). The first-order chi connectivity index (χ1) is 5.13. The zero-order valence-corrected chi connectivity index (χ0v) is 10.3. The van der Waals surface area contributed by atoms with E-state index in [0.29, 0.717) is 4.90 Å². The predicted molar refractivity (Wildman–Crippen MR) is 59.1 cm³/mol. The molecule has 0 aliphatic rings. The summed E-state index contributed by atoms with van der Waals surface area (Å²) in [5.74, 6) is 0. The highest BCUT2D eigenvalue weighted by atomic mass is 127. The Labute approximate surface area is 94.3 Å². The van der Waals surface area contributed by atoms with Crippen molar-refractivity contribution in [3.63, 3.8) is 0 Å². The lowest BCUT2D eigenvalue weighted by Gasteiger charge is -2.07. The second-order valence-corrected chi connectivity index (χ2v) is 4.94. The number of halogens is 2. The van der Waals surface area contributed by atoms with E-state index in [2.05, 4.69) is 22.6 Å². The minimum Gasteiger partial charge on any atom is -0.768 e. The number of hydrogen-bond acceptors (Lipinski definition) is 2. The summed E-state index contributed by atoms with van der Waals surface area (Å²) in [6.45, 7) is 0.